The summed E-state index contributed by atoms with van der Waals surface area (Å²) >= 11 is 5.30. The molecule has 2 aromatic carbocycles. The number of ether oxygens (including phenoxy) is 2. The predicted octanol–water partition coefficient (Wildman–Crippen LogP) is 3.93. The van der Waals surface area contributed by atoms with E-state index in [2.05, 4.69) is 0 Å². The van der Waals surface area contributed by atoms with Gasteiger partial charge >= 0.3 is 5.69 Å². The number of hydrogen-bond donors (Lipinski definition) is 0. The average molecular weight is 365 g/mol. The van der Waals surface area contributed by atoms with Crippen molar-refractivity contribution in [3.63, 3.8) is 0 Å². The fourth-order valence-electron chi connectivity index (χ4n) is 1.85. The Labute approximate surface area is 146 Å². The number of rotatable bonds is 6. The molecule has 0 heterocycles. The molecular formula is C16H10ClFN2O5. The van der Waals surface area contributed by atoms with Crippen molar-refractivity contribution >= 4 is 22.5 Å². The highest BCUT2D eigenvalue weighted by atomic mass is 35.5. The SMILES string of the molecule is CC(Oc1cc(Oc2ccc(F)cc2C#N)ccc1[N+](=O)[O-])C(=O)Cl. The van der Waals surface area contributed by atoms with Gasteiger partial charge in [-0.05, 0) is 42.8 Å². The van der Waals surface area contributed by atoms with Crippen LogP contribution in [0.1, 0.15) is 12.5 Å². The van der Waals surface area contributed by atoms with Gasteiger partial charge in [-0.25, -0.2) is 4.39 Å². The van der Waals surface area contributed by atoms with Gasteiger partial charge in [0, 0.05) is 12.1 Å². The van der Waals surface area contributed by atoms with E-state index < -0.39 is 27.8 Å². The lowest BCUT2D eigenvalue weighted by Gasteiger charge is -2.13. The Morgan fingerprint density at radius 1 is 1.32 bits per heavy atom. The Hall–Kier alpha value is -3.18. The molecule has 0 bridgehead atoms. The van der Waals surface area contributed by atoms with Gasteiger partial charge in [0.15, 0.2) is 6.10 Å². The summed E-state index contributed by atoms with van der Waals surface area (Å²) in [6.45, 7) is 1.33. The average Bonchev–Trinajstić information content (AvgIpc) is 2.56. The van der Waals surface area contributed by atoms with E-state index in [0.29, 0.717) is 0 Å². The lowest BCUT2D eigenvalue weighted by Crippen LogP contribution is -2.19. The Morgan fingerprint density at radius 3 is 2.64 bits per heavy atom. The fraction of sp³-hybridized carbons (Fsp3) is 0.125. The number of carbonyl (C=O) groups excluding carboxylic acids is 1. The van der Waals surface area contributed by atoms with Crippen LogP contribution in [0.5, 0.6) is 17.2 Å². The molecule has 25 heavy (non-hydrogen) atoms. The van der Waals surface area contributed by atoms with Gasteiger partial charge in [0.2, 0.25) is 5.75 Å². The maximum atomic E-state index is 13.2. The van der Waals surface area contributed by atoms with Gasteiger partial charge < -0.3 is 9.47 Å². The van der Waals surface area contributed by atoms with Crippen molar-refractivity contribution in [2.24, 2.45) is 0 Å². The molecule has 2 aromatic rings. The summed E-state index contributed by atoms with van der Waals surface area (Å²) in [5, 5.41) is 19.2. The zero-order chi connectivity index (χ0) is 18.6. The van der Waals surface area contributed by atoms with E-state index in [-0.39, 0.29) is 22.8 Å². The van der Waals surface area contributed by atoms with Crippen LogP contribution in [0, 0.1) is 27.3 Å². The Bertz CT molecular complexity index is 881. The molecule has 128 valence electrons. The first-order valence-electron chi connectivity index (χ1n) is 6.83. The number of nitro benzene ring substituents is 1. The molecule has 0 N–H and O–H groups in total. The Morgan fingerprint density at radius 2 is 2.04 bits per heavy atom. The quantitative estimate of drug-likeness (QED) is 0.437. The largest absolute Gasteiger partial charge is 0.474 e. The summed E-state index contributed by atoms with van der Waals surface area (Å²) in [5.74, 6) is -0.682. The van der Waals surface area contributed by atoms with E-state index in [1.54, 1.807) is 6.07 Å². The molecule has 0 saturated carbocycles. The second-order valence-corrected chi connectivity index (χ2v) is 5.18. The third-order valence-electron chi connectivity index (χ3n) is 3.04. The van der Waals surface area contributed by atoms with Gasteiger partial charge in [-0.2, -0.15) is 5.26 Å². The first kappa shape index (κ1) is 18.2. The minimum atomic E-state index is -1.11. The number of benzene rings is 2. The van der Waals surface area contributed by atoms with Gasteiger partial charge in [-0.3, -0.25) is 14.9 Å². The first-order valence-corrected chi connectivity index (χ1v) is 7.21. The zero-order valence-corrected chi connectivity index (χ0v) is 13.5. The number of carbonyl (C=O) groups is 1. The molecule has 0 aromatic heterocycles. The second-order valence-electron chi connectivity index (χ2n) is 4.81. The number of halogens is 2. The maximum absolute atomic E-state index is 13.2. The van der Waals surface area contributed by atoms with Crippen molar-refractivity contribution in [1.29, 1.82) is 5.26 Å². The summed E-state index contributed by atoms with van der Waals surface area (Å²) < 4.78 is 23.8. The minimum absolute atomic E-state index is 0.0508. The van der Waals surface area contributed by atoms with Crippen LogP contribution >= 0.6 is 11.6 Å². The van der Waals surface area contributed by atoms with Gasteiger partial charge in [-0.1, -0.05) is 0 Å². The van der Waals surface area contributed by atoms with Gasteiger partial charge in [-0.15, -0.1) is 0 Å². The molecule has 7 nitrogen and oxygen atoms in total. The monoisotopic (exact) mass is 364 g/mol. The summed E-state index contributed by atoms with van der Waals surface area (Å²) in [7, 11) is 0. The van der Waals surface area contributed by atoms with Crippen LogP contribution in [0.2, 0.25) is 0 Å². The van der Waals surface area contributed by atoms with Crippen LogP contribution in [0.25, 0.3) is 0 Å². The molecule has 0 saturated heterocycles. The van der Waals surface area contributed by atoms with Crippen molar-refractivity contribution in [3.05, 3.63) is 57.9 Å². The van der Waals surface area contributed by atoms with Gasteiger partial charge in [0.05, 0.1) is 10.5 Å². The van der Waals surface area contributed by atoms with E-state index in [0.717, 1.165) is 18.2 Å². The van der Waals surface area contributed by atoms with Crippen LogP contribution in [0.15, 0.2) is 36.4 Å². The third kappa shape index (κ3) is 4.43. The van der Waals surface area contributed by atoms with Crippen LogP contribution in [0.4, 0.5) is 10.1 Å². The summed E-state index contributed by atoms with van der Waals surface area (Å²) in [5.41, 5.74) is -0.443. The van der Waals surface area contributed by atoms with E-state index in [1.165, 1.54) is 25.1 Å². The van der Waals surface area contributed by atoms with E-state index in [4.69, 9.17) is 26.3 Å². The molecule has 0 aliphatic rings. The standard InChI is InChI=1S/C16H10ClFN2O5/c1-9(16(17)21)24-15-7-12(3-4-13(15)20(22)23)25-14-5-2-11(18)6-10(14)8-19/h2-7,9H,1H3. The second kappa shape index (κ2) is 7.59. The highest BCUT2D eigenvalue weighted by Crippen LogP contribution is 2.35. The van der Waals surface area contributed by atoms with Crippen molar-refractivity contribution < 1.29 is 23.6 Å². The summed E-state index contributed by atoms with van der Waals surface area (Å²) in [6.07, 6.45) is -1.11. The lowest BCUT2D eigenvalue weighted by molar-refractivity contribution is -0.386. The van der Waals surface area contributed by atoms with Gasteiger partial charge in [0.25, 0.3) is 5.24 Å². The van der Waals surface area contributed by atoms with Crippen molar-refractivity contribution in [2.75, 3.05) is 0 Å². The highest BCUT2D eigenvalue weighted by Gasteiger charge is 2.21. The molecule has 0 amide bonds. The van der Waals surface area contributed by atoms with E-state index in [9.17, 15) is 19.3 Å². The zero-order valence-electron chi connectivity index (χ0n) is 12.7. The molecule has 9 heteroatoms. The molecule has 1 atom stereocenters. The van der Waals surface area contributed by atoms with Crippen LogP contribution in [0.3, 0.4) is 0 Å². The normalized spacial score (nSPS) is 11.3. The molecule has 0 radical (unpaired) electrons. The van der Waals surface area contributed by atoms with Crippen LogP contribution in [-0.4, -0.2) is 16.3 Å². The number of hydrogen-bond acceptors (Lipinski definition) is 6. The topological polar surface area (TPSA) is 102 Å². The van der Waals surface area contributed by atoms with Crippen molar-refractivity contribution in [3.8, 4) is 23.3 Å². The number of nitriles is 1. The van der Waals surface area contributed by atoms with Crippen LogP contribution in [-0.2, 0) is 4.79 Å². The molecule has 2 rings (SSSR count). The lowest BCUT2D eigenvalue weighted by atomic mass is 10.2. The molecule has 0 aliphatic carbocycles. The summed E-state index contributed by atoms with van der Waals surface area (Å²) in [4.78, 5) is 21.5. The molecule has 0 aliphatic heterocycles. The Balaban J connectivity index is 2.38. The van der Waals surface area contributed by atoms with Gasteiger partial charge in [0.1, 0.15) is 23.4 Å². The Kier molecular flexibility index (Phi) is 5.52. The van der Waals surface area contributed by atoms with Crippen molar-refractivity contribution in [2.45, 2.75) is 13.0 Å². The van der Waals surface area contributed by atoms with E-state index in [1.807, 2.05) is 0 Å². The number of nitrogens with zero attached hydrogens (tertiary/aromatic N) is 2. The smallest absolute Gasteiger partial charge is 0.311 e. The number of nitro groups is 1. The molecular weight excluding hydrogens is 355 g/mol. The van der Waals surface area contributed by atoms with Crippen LogP contribution < -0.4 is 9.47 Å². The first-order chi connectivity index (χ1) is 11.8. The highest BCUT2D eigenvalue weighted by molar-refractivity contribution is 6.64. The predicted molar refractivity (Wildman–Crippen MR) is 85.2 cm³/mol. The van der Waals surface area contributed by atoms with E-state index >= 15 is 0 Å². The summed E-state index contributed by atoms with van der Waals surface area (Å²) in [6, 6.07) is 8.71. The molecule has 0 spiro atoms. The molecule has 1 unspecified atom stereocenters. The maximum Gasteiger partial charge on any atom is 0.311 e. The molecule has 0 fully saturated rings. The fourth-order valence-corrected chi connectivity index (χ4v) is 1.89. The van der Waals surface area contributed by atoms with Crippen molar-refractivity contribution in [1.82, 2.24) is 0 Å². The minimum Gasteiger partial charge on any atom is -0.474 e. The third-order valence-corrected chi connectivity index (χ3v) is 3.35.